The van der Waals surface area contributed by atoms with Gasteiger partial charge in [0.15, 0.2) is 0 Å². The van der Waals surface area contributed by atoms with Crippen LogP contribution in [-0.2, 0) is 6.54 Å². The minimum atomic E-state index is -0.338. The van der Waals surface area contributed by atoms with Crippen molar-refractivity contribution in [3.05, 3.63) is 26.5 Å². The van der Waals surface area contributed by atoms with Crippen LogP contribution in [0.3, 0.4) is 0 Å². The minimum absolute atomic E-state index is 0.224. The molecule has 0 bridgehead atoms. The molecule has 0 aliphatic carbocycles. The molecule has 0 aliphatic rings. The summed E-state index contributed by atoms with van der Waals surface area (Å²) in [5.41, 5.74) is 0.125. The number of hydrogen-bond donors (Lipinski definition) is 1. The second-order valence-corrected chi connectivity index (χ2v) is 4.49. The van der Waals surface area contributed by atoms with Crippen LogP contribution >= 0.6 is 11.5 Å². The lowest BCUT2D eigenvalue weighted by Gasteiger charge is -2.02. The van der Waals surface area contributed by atoms with Gasteiger partial charge in [-0.2, -0.15) is 4.37 Å². The summed E-state index contributed by atoms with van der Waals surface area (Å²) in [5, 5.41) is 0.542. The van der Waals surface area contributed by atoms with E-state index in [1.54, 1.807) is 6.92 Å². The lowest BCUT2D eigenvalue weighted by atomic mass is 10.3. The zero-order valence-corrected chi connectivity index (χ0v) is 10.1. The number of rotatable bonds is 3. The molecule has 2 aromatic heterocycles. The van der Waals surface area contributed by atoms with E-state index in [2.05, 4.69) is 9.36 Å². The Morgan fingerprint density at radius 1 is 1.44 bits per heavy atom. The monoisotopic (exact) mass is 239 g/mol. The molecule has 0 aromatic carbocycles. The topological polar surface area (TPSA) is 67.8 Å². The van der Waals surface area contributed by atoms with Crippen LogP contribution in [0.1, 0.15) is 25.5 Å². The molecular weight excluding hydrogens is 226 g/mol. The van der Waals surface area contributed by atoms with Crippen LogP contribution < -0.4 is 11.2 Å². The highest BCUT2D eigenvalue weighted by Gasteiger charge is 2.11. The van der Waals surface area contributed by atoms with Crippen molar-refractivity contribution in [3.63, 3.8) is 0 Å². The summed E-state index contributed by atoms with van der Waals surface area (Å²) in [6.07, 6.45) is 1.77. The van der Waals surface area contributed by atoms with Crippen LogP contribution in [-0.4, -0.2) is 13.9 Å². The van der Waals surface area contributed by atoms with E-state index in [-0.39, 0.29) is 11.2 Å². The first-order valence-corrected chi connectivity index (χ1v) is 6.01. The molecule has 5 nitrogen and oxygen atoms in total. The fraction of sp³-hybridized carbons (Fsp3) is 0.500. The number of aromatic amines is 1. The van der Waals surface area contributed by atoms with Crippen LogP contribution in [0.25, 0.3) is 10.2 Å². The van der Waals surface area contributed by atoms with Crippen molar-refractivity contribution in [3.8, 4) is 0 Å². The normalized spacial score (nSPS) is 11.1. The summed E-state index contributed by atoms with van der Waals surface area (Å²) in [5.74, 6) is 0. The van der Waals surface area contributed by atoms with Crippen LogP contribution in [0.4, 0.5) is 0 Å². The van der Waals surface area contributed by atoms with Crippen LogP contribution in [0, 0.1) is 6.92 Å². The number of H-pyrrole nitrogens is 1. The standard InChI is InChI=1S/C10H13N3O2S/c1-3-4-5-13-9(14)7-6(2)12-16-8(7)11-10(13)15/h3-5H2,1-2H3,(H,11,15). The molecule has 0 amide bonds. The van der Waals surface area contributed by atoms with E-state index in [0.29, 0.717) is 22.5 Å². The van der Waals surface area contributed by atoms with Gasteiger partial charge < -0.3 is 0 Å². The largest absolute Gasteiger partial charge is 0.329 e. The zero-order valence-electron chi connectivity index (χ0n) is 9.24. The lowest BCUT2D eigenvalue weighted by molar-refractivity contribution is 0.589. The van der Waals surface area contributed by atoms with Gasteiger partial charge in [0.1, 0.15) is 4.83 Å². The van der Waals surface area contributed by atoms with Crippen LogP contribution in [0.2, 0.25) is 0 Å². The Kier molecular flexibility index (Phi) is 2.91. The highest BCUT2D eigenvalue weighted by atomic mass is 32.1. The number of unbranched alkanes of at least 4 members (excludes halogenated alkanes) is 1. The molecule has 0 unspecified atom stereocenters. The molecule has 0 radical (unpaired) electrons. The third kappa shape index (κ3) is 1.69. The van der Waals surface area contributed by atoms with Gasteiger partial charge in [-0.25, -0.2) is 4.79 Å². The smallest absolute Gasteiger partial charge is 0.297 e. The Morgan fingerprint density at radius 3 is 2.88 bits per heavy atom. The SMILES string of the molecule is CCCCn1c(=O)[nH]c2snc(C)c2c1=O. The molecule has 2 aromatic rings. The van der Waals surface area contributed by atoms with E-state index in [1.807, 2.05) is 6.92 Å². The number of hydrogen-bond acceptors (Lipinski definition) is 4. The van der Waals surface area contributed by atoms with E-state index >= 15 is 0 Å². The van der Waals surface area contributed by atoms with Gasteiger partial charge in [0.05, 0.1) is 11.1 Å². The van der Waals surface area contributed by atoms with Crippen molar-refractivity contribution in [2.24, 2.45) is 0 Å². The lowest BCUT2D eigenvalue weighted by Crippen LogP contribution is -2.34. The first-order chi connectivity index (χ1) is 7.65. The molecule has 2 rings (SSSR count). The van der Waals surface area contributed by atoms with Gasteiger partial charge in [0.25, 0.3) is 5.56 Å². The molecule has 1 N–H and O–H groups in total. The molecule has 0 fully saturated rings. The number of nitrogens with zero attached hydrogens (tertiary/aromatic N) is 2. The van der Waals surface area contributed by atoms with Crippen molar-refractivity contribution in [2.75, 3.05) is 0 Å². The van der Waals surface area contributed by atoms with Crippen molar-refractivity contribution >= 4 is 21.7 Å². The summed E-state index contributed by atoms with van der Waals surface area (Å²) < 4.78 is 5.33. The minimum Gasteiger partial charge on any atom is -0.297 e. The molecule has 6 heteroatoms. The molecule has 0 aliphatic heterocycles. The zero-order chi connectivity index (χ0) is 11.7. The van der Waals surface area contributed by atoms with Gasteiger partial charge in [-0.15, -0.1) is 0 Å². The van der Waals surface area contributed by atoms with Gasteiger partial charge in [0.2, 0.25) is 0 Å². The molecule has 16 heavy (non-hydrogen) atoms. The highest BCUT2D eigenvalue weighted by molar-refractivity contribution is 7.12. The molecule has 0 spiro atoms. The number of aryl methyl sites for hydroxylation is 1. The maximum atomic E-state index is 12.0. The van der Waals surface area contributed by atoms with Gasteiger partial charge >= 0.3 is 5.69 Å². The first kappa shape index (κ1) is 11.1. The predicted molar refractivity (Wildman–Crippen MR) is 64.1 cm³/mol. The van der Waals surface area contributed by atoms with Gasteiger partial charge in [-0.1, -0.05) is 13.3 Å². The molecule has 0 atom stereocenters. The van der Waals surface area contributed by atoms with Crippen molar-refractivity contribution in [1.82, 2.24) is 13.9 Å². The van der Waals surface area contributed by atoms with Crippen LogP contribution in [0.15, 0.2) is 9.59 Å². The van der Waals surface area contributed by atoms with Gasteiger partial charge in [-0.3, -0.25) is 14.3 Å². The average molecular weight is 239 g/mol. The maximum absolute atomic E-state index is 12.0. The summed E-state index contributed by atoms with van der Waals surface area (Å²) in [6.45, 7) is 4.27. The Bertz CT molecular complexity index is 623. The Balaban J connectivity index is 2.69. The van der Waals surface area contributed by atoms with Crippen LogP contribution in [0.5, 0.6) is 0 Å². The molecule has 86 valence electrons. The van der Waals surface area contributed by atoms with Crippen molar-refractivity contribution in [1.29, 1.82) is 0 Å². The predicted octanol–water partition coefficient (Wildman–Crippen LogP) is 1.25. The van der Waals surface area contributed by atoms with Crippen molar-refractivity contribution in [2.45, 2.75) is 33.2 Å². The van der Waals surface area contributed by atoms with E-state index in [0.717, 1.165) is 24.4 Å². The molecule has 2 heterocycles. The third-order valence-electron chi connectivity index (χ3n) is 2.52. The number of nitrogens with one attached hydrogen (secondary N) is 1. The molecule has 0 saturated carbocycles. The van der Waals surface area contributed by atoms with E-state index in [9.17, 15) is 9.59 Å². The fourth-order valence-corrected chi connectivity index (χ4v) is 2.40. The van der Waals surface area contributed by atoms with Gasteiger partial charge in [0, 0.05) is 6.54 Å². The second-order valence-electron chi connectivity index (χ2n) is 3.71. The highest BCUT2D eigenvalue weighted by Crippen LogP contribution is 2.14. The number of fused-ring (bicyclic) bond motifs is 1. The first-order valence-electron chi connectivity index (χ1n) is 5.24. The fourth-order valence-electron chi connectivity index (χ4n) is 1.62. The quantitative estimate of drug-likeness (QED) is 0.876. The summed E-state index contributed by atoms with van der Waals surface area (Å²) in [4.78, 5) is 27.0. The Morgan fingerprint density at radius 2 is 2.19 bits per heavy atom. The Hall–Kier alpha value is -1.43. The summed E-state index contributed by atoms with van der Waals surface area (Å²) >= 11 is 1.16. The number of aromatic nitrogens is 3. The summed E-state index contributed by atoms with van der Waals surface area (Å²) in [6, 6.07) is 0. The summed E-state index contributed by atoms with van der Waals surface area (Å²) in [7, 11) is 0. The Labute approximate surface area is 95.9 Å². The van der Waals surface area contributed by atoms with E-state index < -0.39 is 0 Å². The molecular formula is C10H13N3O2S. The van der Waals surface area contributed by atoms with Gasteiger partial charge in [-0.05, 0) is 24.9 Å². The second kappa shape index (κ2) is 4.21. The van der Waals surface area contributed by atoms with E-state index in [1.165, 1.54) is 4.57 Å². The maximum Gasteiger partial charge on any atom is 0.329 e. The third-order valence-corrected chi connectivity index (χ3v) is 3.38. The van der Waals surface area contributed by atoms with E-state index in [4.69, 9.17) is 0 Å². The van der Waals surface area contributed by atoms with Crippen molar-refractivity contribution < 1.29 is 0 Å². The average Bonchev–Trinajstić information content (AvgIpc) is 2.60. The molecule has 0 saturated heterocycles.